The summed E-state index contributed by atoms with van der Waals surface area (Å²) >= 11 is 5.19. The van der Waals surface area contributed by atoms with Crippen LogP contribution >= 0.6 is 12.2 Å². The minimum Gasteiger partial charge on any atom is -0.493 e. The second-order valence-corrected chi connectivity index (χ2v) is 4.92. The van der Waals surface area contributed by atoms with Gasteiger partial charge in [0.2, 0.25) is 0 Å². The monoisotopic (exact) mass is 313 g/mol. The third-order valence-electron chi connectivity index (χ3n) is 2.88. The largest absolute Gasteiger partial charge is 0.493 e. The lowest BCUT2D eigenvalue weighted by molar-refractivity contribution is 0.340. The van der Waals surface area contributed by atoms with Gasteiger partial charge < -0.3 is 10.1 Å². The minimum absolute atomic E-state index is 0.481. The Morgan fingerprint density at radius 1 is 1.14 bits per heavy atom. The number of hydrazone groups is 1. The highest BCUT2D eigenvalue weighted by atomic mass is 32.1. The van der Waals surface area contributed by atoms with Crippen molar-refractivity contribution in [3.8, 4) is 5.75 Å². The number of benzene rings is 2. The van der Waals surface area contributed by atoms with E-state index in [1.54, 1.807) is 6.21 Å². The molecule has 2 N–H and O–H groups in total. The zero-order valence-electron chi connectivity index (χ0n) is 12.5. The van der Waals surface area contributed by atoms with Crippen LogP contribution < -0.4 is 15.5 Å². The quantitative estimate of drug-likeness (QED) is 0.489. The summed E-state index contributed by atoms with van der Waals surface area (Å²) in [4.78, 5) is 0. The van der Waals surface area contributed by atoms with Crippen molar-refractivity contribution in [3.05, 3.63) is 65.7 Å². The maximum atomic E-state index is 5.53. The maximum absolute atomic E-state index is 5.53. The summed E-state index contributed by atoms with van der Waals surface area (Å²) < 4.78 is 5.53. The van der Waals surface area contributed by atoms with Gasteiger partial charge in [0.1, 0.15) is 5.75 Å². The Morgan fingerprint density at radius 3 is 2.64 bits per heavy atom. The molecule has 0 unspecified atom stereocenters. The van der Waals surface area contributed by atoms with Gasteiger partial charge in [0.05, 0.1) is 12.8 Å². The SMILES string of the molecule is CCOc1ccccc1/C=N/NC(=S)NCc1ccccc1. The highest BCUT2D eigenvalue weighted by Crippen LogP contribution is 2.15. The normalized spacial score (nSPS) is 10.4. The standard InChI is InChI=1S/C17H19N3OS/c1-2-21-16-11-7-6-10-15(16)13-19-20-17(22)18-12-14-8-4-3-5-9-14/h3-11,13H,2,12H2,1H3,(H2,18,20,22)/b19-13+. The molecule has 2 aromatic carbocycles. The fourth-order valence-electron chi connectivity index (χ4n) is 1.85. The molecule has 0 saturated heterocycles. The van der Waals surface area contributed by atoms with Crippen molar-refractivity contribution in [1.82, 2.24) is 10.7 Å². The molecule has 0 aromatic heterocycles. The van der Waals surface area contributed by atoms with Crippen molar-refractivity contribution in [2.75, 3.05) is 6.61 Å². The second kappa shape index (κ2) is 8.79. The maximum Gasteiger partial charge on any atom is 0.187 e. The molecule has 0 bridgehead atoms. The molecule has 22 heavy (non-hydrogen) atoms. The first-order valence-electron chi connectivity index (χ1n) is 7.12. The Kier molecular flexibility index (Phi) is 6.39. The molecule has 0 aliphatic rings. The van der Waals surface area contributed by atoms with Gasteiger partial charge in [-0.25, -0.2) is 0 Å². The fourth-order valence-corrected chi connectivity index (χ4v) is 1.98. The number of rotatable bonds is 6. The zero-order valence-corrected chi connectivity index (χ0v) is 13.3. The Labute approximate surface area is 136 Å². The van der Waals surface area contributed by atoms with Gasteiger partial charge in [0.15, 0.2) is 5.11 Å². The molecule has 2 rings (SSSR count). The number of nitrogens with zero attached hydrogens (tertiary/aromatic N) is 1. The lowest BCUT2D eigenvalue weighted by atomic mass is 10.2. The van der Waals surface area contributed by atoms with Crippen LogP contribution in [0.4, 0.5) is 0 Å². The molecule has 0 aliphatic heterocycles. The lowest BCUT2D eigenvalue weighted by Gasteiger charge is -2.08. The summed E-state index contributed by atoms with van der Waals surface area (Å²) in [5.74, 6) is 0.804. The molecule has 0 spiro atoms. The van der Waals surface area contributed by atoms with E-state index in [1.807, 2.05) is 61.5 Å². The number of hydrogen-bond donors (Lipinski definition) is 2. The molecular formula is C17H19N3OS. The van der Waals surface area contributed by atoms with Gasteiger partial charge in [0.25, 0.3) is 0 Å². The fraction of sp³-hybridized carbons (Fsp3) is 0.176. The topological polar surface area (TPSA) is 45.6 Å². The molecule has 0 heterocycles. The van der Waals surface area contributed by atoms with E-state index in [2.05, 4.69) is 15.8 Å². The van der Waals surface area contributed by atoms with E-state index in [0.29, 0.717) is 18.3 Å². The van der Waals surface area contributed by atoms with Crippen LogP contribution in [0.15, 0.2) is 59.7 Å². The molecule has 0 radical (unpaired) electrons. The van der Waals surface area contributed by atoms with Crippen LogP contribution in [-0.2, 0) is 6.54 Å². The molecule has 0 atom stereocenters. The number of hydrogen-bond acceptors (Lipinski definition) is 3. The van der Waals surface area contributed by atoms with Crippen LogP contribution in [0.25, 0.3) is 0 Å². The van der Waals surface area contributed by atoms with E-state index >= 15 is 0 Å². The van der Waals surface area contributed by atoms with E-state index in [0.717, 1.165) is 16.9 Å². The van der Waals surface area contributed by atoms with Crippen LogP contribution in [0.1, 0.15) is 18.1 Å². The van der Waals surface area contributed by atoms with E-state index in [9.17, 15) is 0 Å². The molecule has 4 nitrogen and oxygen atoms in total. The average molecular weight is 313 g/mol. The second-order valence-electron chi connectivity index (χ2n) is 4.51. The first-order chi connectivity index (χ1) is 10.8. The van der Waals surface area contributed by atoms with Gasteiger partial charge in [0, 0.05) is 12.1 Å². The number of nitrogens with one attached hydrogen (secondary N) is 2. The van der Waals surface area contributed by atoms with E-state index in [-0.39, 0.29) is 0 Å². The molecule has 0 aliphatic carbocycles. The predicted octanol–water partition coefficient (Wildman–Crippen LogP) is 3.08. The molecular weight excluding hydrogens is 294 g/mol. The van der Waals surface area contributed by atoms with Crippen molar-refractivity contribution in [1.29, 1.82) is 0 Å². The van der Waals surface area contributed by atoms with Crippen LogP contribution in [0, 0.1) is 0 Å². The first-order valence-corrected chi connectivity index (χ1v) is 7.53. The third kappa shape index (κ3) is 5.18. The van der Waals surface area contributed by atoms with Crippen molar-refractivity contribution in [2.45, 2.75) is 13.5 Å². The third-order valence-corrected chi connectivity index (χ3v) is 3.12. The minimum atomic E-state index is 0.481. The van der Waals surface area contributed by atoms with Gasteiger partial charge in [-0.15, -0.1) is 0 Å². The van der Waals surface area contributed by atoms with Crippen molar-refractivity contribution in [3.63, 3.8) is 0 Å². The molecule has 0 amide bonds. The Bertz CT molecular complexity index is 629. The molecule has 0 fully saturated rings. The molecule has 5 heteroatoms. The van der Waals surface area contributed by atoms with E-state index in [4.69, 9.17) is 17.0 Å². The van der Waals surface area contributed by atoms with Gasteiger partial charge >= 0.3 is 0 Å². The van der Waals surface area contributed by atoms with Crippen LogP contribution in [0.2, 0.25) is 0 Å². The van der Waals surface area contributed by atoms with Crippen LogP contribution in [-0.4, -0.2) is 17.9 Å². The summed E-state index contributed by atoms with van der Waals surface area (Å²) in [6.45, 7) is 3.24. The van der Waals surface area contributed by atoms with Gasteiger partial charge in [-0.2, -0.15) is 5.10 Å². The molecule has 0 saturated carbocycles. The van der Waals surface area contributed by atoms with Crippen LogP contribution in [0.3, 0.4) is 0 Å². The summed E-state index contributed by atoms with van der Waals surface area (Å²) in [7, 11) is 0. The Hall–Kier alpha value is -2.40. The first kappa shape index (κ1) is 16.0. The molecule has 114 valence electrons. The number of ether oxygens (including phenoxy) is 1. The van der Waals surface area contributed by atoms with Gasteiger partial charge in [-0.3, -0.25) is 5.43 Å². The highest BCUT2D eigenvalue weighted by Gasteiger charge is 1.99. The van der Waals surface area contributed by atoms with E-state index < -0.39 is 0 Å². The van der Waals surface area contributed by atoms with Crippen molar-refractivity contribution >= 4 is 23.5 Å². The predicted molar refractivity (Wildman–Crippen MR) is 94.2 cm³/mol. The number of para-hydroxylation sites is 1. The van der Waals surface area contributed by atoms with Crippen molar-refractivity contribution < 1.29 is 4.74 Å². The smallest absolute Gasteiger partial charge is 0.187 e. The number of thiocarbonyl (C=S) groups is 1. The summed E-state index contributed by atoms with van der Waals surface area (Å²) in [5, 5.41) is 7.72. The zero-order chi connectivity index (χ0) is 15.6. The Morgan fingerprint density at radius 2 is 1.86 bits per heavy atom. The van der Waals surface area contributed by atoms with Gasteiger partial charge in [-0.05, 0) is 36.8 Å². The van der Waals surface area contributed by atoms with E-state index in [1.165, 1.54) is 0 Å². The summed E-state index contributed by atoms with van der Waals surface area (Å²) in [6.07, 6.45) is 1.70. The summed E-state index contributed by atoms with van der Waals surface area (Å²) in [5.41, 5.74) is 4.87. The lowest BCUT2D eigenvalue weighted by Crippen LogP contribution is -2.31. The van der Waals surface area contributed by atoms with Crippen molar-refractivity contribution in [2.24, 2.45) is 5.10 Å². The summed E-state index contributed by atoms with van der Waals surface area (Å²) in [6, 6.07) is 17.8. The van der Waals surface area contributed by atoms with Crippen LogP contribution in [0.5, 0.6) is 5.75 Å². The highest BCUT2D eigenvalue weighted by molar-refractivity contribution is 7.80. The van der Waals surface area contributed by atoms with Gasteiger partial charge in [-0.1, -0.05) is 42.5 Å². The Balaban J connectivity index is 1.83. The average Bonchev–Trinajstić information content (AvgIpc) is 2.56. The molecule has 2 aromatic rings.